The van der Waals surface area contributed by atoms with E-state index >= 15 is 24.0 Å². The smallest absolute Gasteiger partial charge is 0.346 e. The van der Waals surface area contributed by atoms with Crippen LogP contribution in [0.25, 0.3) is 65.4 Å². The SMILES string of the molecule is CC(C)c1c(C(=O)O)c2cc(OC(=O)c3c(C(C)C)n(Cc4ccc(O)cc4)c4cccc(OC(=O)c5c(C(C)C)n(Cc6ccc(O)cc6)c6cc(OC(=O)c7c(C(C)C)n(Cc8ccc(O)cc8)c8c(OC(=O)c9c(C(C)C)n(Cc%10ccccc%10O)c%10ccc(OC(=O)c%11c(C(C)C)n(Cc%12ccccc%12O)c%12cccc(O)c%11%12)cc9%10)cccc78)ccc56)c34)ccc2n1Cc1ccc(O)cc1. The summed E-state index contributed by atoms with van der Waals surface area (Å²) in [6.45, 7) is 24.0. The number of benzene rings is 12. The third-order valence-corrected chi connectivity index (χ3v) is 25.8. The number of carboxylic acids is 1. The van der Waals surface area contributed by atoms with Crippen LogP contribution >= 0.6 is 0 Å². The molecule has 0 amide bonds. The first kappa shape index (κ1) is 92.7. The summed E-state index contributed by atoms with van der Waals surface area (Å²) in [5.74, 6) is -7.32. The van der Waals surface area contributed by atoms with E-state index in [2.05, 4.69) is 0 Å². The van der Waals surface area contributed by atoms with Gasteiger partial charge in [-0.1, -0.05) is 192 Å². The first-order valence-corrected chi connectivity index (χ1v) is 46.3. The molecule has 0 fully saturated rings. The Kier molecular flexibility index (Phi) is 25.0. The summed E-state index contributed by atoms with van der Waals surface area (Å²) in [5, 5.41) is 89.0. The van der Waals surface area contributed by atoms with Crippen molar-refractivity contribution in [1.29, 1.82) is 0 Å². The molecule has 6 aromatic heterocycles. The molecule has 0 aliphatic rings. The van der Waals surface area contributed by atoms with Crippen LogP contribution in [0, 0.1) is 0 Å². The number of aromatic nitrogens is 6. The molecule has 0 aliphatic carbocycles. The van der Waals surface area contributed by atoms with Crippen LogP contribution in [0.15, 0.2) is 255 Å². The number of aromatic carboxylic acids is 1. The lowest BCUT2D eigenvalue weighted by Crippen LogP contribution is -2.15. The fourth-order valence-electron chi connectivity index (χ4n) is 20.0. The maximum atomic E-state index is 16.2. The minimum absolute atomic E-state index is 0.00643. The first-order chi connectivity index (χ1) is 66.7. The van der Waals surface area contributed by atoms with Gasteiger partial charge < -0.3 is 91.9 Å². The number of hydrogen-bond acceptors (Lipinski definition) is 18. The van der Waals surface area contributed by atoms with Gasteiger partial charge in [-0.3, -0.25) is 0 Å². The van der Waals surface area contributed by atoms with Gasteiger partial charge in [-0.25, -0.2) is 28.8 Å². The van der Waals surface area contributed by atoms with Gasteiger partial charge in [-0.05, 0) is 197 Å². The van der Waals surface area contributed by atoms with Gasteiger partial charge in [-0.15, -0.1) is 0 Å². The minimum Gasteiger partial charge on any atom is -0.508 e. The van der Waals surface area contributed by atoms with Crippen molar-refractivity contribution in [2.45, 2.75) is 158 Å². The van der Waals surface area contributed by atoms with Crippen LogP contribution in [0.3, 0.4) is 0 Å². The Morgan fingerprint density at radius 2 is 0.568 bits per heavy atom. The number of carboxylic acid groups (broad SMARTS) is 1. The molecular weight excluding hydrogens is 1760 g/mol. The van der Waals surface area contributed by atoms with Crippen LogP contribution in [-0.4, -0.2) is 104 Å². The molecule has 0 spiro atoms. The summed E-state index contributed by atoms with van der Waals surface area (Å²) in [6, 6.07) is 70.3. The molecule has 0 bridgehead atoms. The van der Waals surface area contributed by atoms with Gasteiger partial charge in [0.05, 0.1) is 79.3 Å². The van der Waals surface area contributed by atoms with Crippen LogP contribution in [0.5, 0.6) is 69.0 Å². The van der Waals surface area contributed by atoms with Crippen LogP contribution in [0.4, 0.5) is 0 Å². The first-order valence-electron chi connectivity index (χ1n) is 46.3. The highest BCUT2D eigenvalue weighted by atomic mass is 16.6. The standard InChI is InChI=1S/C114H104N6O19/c1-61(2)102-94(109(128)129)82-52-77(47-50-84(82)115(102)55-67-30-38-73(121)39-31-67)136-114(134)101-99-87(116(107(101)66(11)12)56-68-32-40-74(122)41-33-68)24-19-28-92(99)138-111(131)95-80-49-46-79(54-88(80)117(103(95)62(3)4)57-69-34-42-75(123)43-35-69)137-110(130)96-81-22-17-29-93(108(81)120(105(96)64(7)8)58-70-36-44-76(124)45-37-70)139-112(132)97-83-53-78(48-51-85(83)118(104(97)63(5)6)59-71-20-13-15-25-89(71)125)135-113(133)100-98-86(23-18-27-91(98)127)119(106(100)65(9)10)60-72-21-14-16-26-90(72)126/h13-54,61-66,121-127H,55-60H2,1-12H3,(H,128,129). The summed E-state index contributed by atoms with van der Waals surface area (Å²) in [6.07, 6.45) is 0. The number of fused-ring (bicyclic) bond motifs is 6. The Bertz CT molecular complexity index is 7950. The quantitative estimate of drug-likeness (QED) is 0.0159. The zero-order valence-corrected chi connectivity index (χ0v) is 78.7. The maximum Gasteiger partial charge on any atom is 0.346 e. The van der Waals surface area contributed by atoms with Gasteiger partial charge in [0.2, 0.25) is 0 Å². The van der Waals surface area contributed by atoms with Crippen molar-refractivity contribution in [3.8, 4) is 69.0 Å². The third kappa shape index (κ3) is 17.5. The Hall–Kier alpha value is -16.7. The number of nitrogens with zero attached hydrogens (tertiary/aromatic N) is 6. The Balaban J connectivity index is 0.733. The molecule has 25 nitrogen and oxygen atoms in total. The highest BCUT2D eigenvalue weighted by Gasteiger charge is 2.38. The van der Waals surface area contributed by atoms with Gasteiger partial charge in [0, 0.05) is 110 Å². The second kappa shape index (κ2) is 37.5. The number of phenols is 7. The summed E-state index contributed by atoms with van der Waals surface area (Å²) < 4.78 is 44.9. The van der Waals surface area contributed by atoms with E-state index in [0.29, 0.717) is 105 Å². The van der Waals surface area contributed by atoms with Gasteiger partial charge in [-0.2, -0.15) is 0 Å². The fraction of sp³-hybridized carbons (Fsp3) is 0.211. The molecule has 8 N–H and O–H groups in total. The van der Waals surface area contributed by atoms with E-state index in [1.807, 2.05) is 117 Å². The van der Waals surface area contributed by atoms with E-state index in [-0.39, 0.29) is 164 Å². The van der Waals surface area contributed by atoms with Crippen LogP contribution in [0.1, 0.15) is 248 Å². The predicted molar refractivity (Wildman–Crippen MR) is 533 cm³/mol. The number of para-hydroxylation sites is 3. The normalized spacial score (nSPS) is 11.8. The summed E-state index contributed by atoms with van der Waals surface area (Å²) >= 11 is 0. The molecular formula is C114H104N6O19. The number of esters is 5. The summed E-state index contributed by atoms with van der Waals surface area (Å²) in [4.78, 5) is 93.1. The van der Waals surface area contributed by atoms with E-state index in [0.717, 1.165) is 16.7 Å². The minimum atomic E-state index is -1.18. The van der Waals surface area contributed by atoms with E-state index in [9.17, 15) is 45.6 Å². The molecule has 0 saturated heterocycles. The van der Waals surface area contributed by atoms with Gasteiger partial charge in [0.1, 0.15) is 63.2 Å². The van der Waals surface area contributed by atoms with Crippen molar-refractivity contribution >= 4 is 101 Å². The van der Waals surface area contributed by atoms with E-state index in [4.69, 9.17) is 23.7 Å². The van der Waals surface area contributed by atoms with Crippen molar-refractivity contribution in [3.63, 3.8) is 0 Å². The van der Waals surface area contributed by atoms with Gasteiger partial charge >= 0.3 is 35.8 Å². The fourth-order valence-corrected chi connectivity index (χ4v) is 20.0. The molecule has 0 saturated carbocycles. The van der Waals surface area contributed by atoms with E-state index in [1.54, 1.807) is 243 Å². The van der Waals surface area contributed by atoms with Crippen molar-refractivity contribution in [3.05, 3.63) is 356 Å². The number of aromatic hydroxyl groups is 7. The lowest BCUT2D eigenvalue weighted by atomic mass is 10.0. The van der Waals surface area contributed by atoms with Crippen molar-refractivity contribution < 1.29 is 93.3 Å². The van der Waals surface area contributed by atoms with E-state index in [1.165, 1.54) is 6.07 Å². The molecule has 18 rings (SSSR count). The molecule has 0 radical (unpaired) electrons. The van der Waals surface area contributed by atoms with E-state index < -0.39 is 59.5 Å². The van der Waals surface area contributed by atoms with Crippen molar-refractivity contribution in [1.82, 2.24) is 27.4 Å². The lowest BCUT2D eigenvalue weighted by Gasteiger charge is -2.17. The van der Waals surface area contributed by atoms with Crippen molar-refractivity contribution in [2.75, 3.05) is 0 Å². The molecule has 12 aromatic carbocycles. The Morgan fingerprint density at radius 3 is 1.03 bits per heavy atom. The monoisotopic (exact) mass is 1860 g/mol. The number of carbonyl (C=O) groups excluding carboxylic acids is 5. The number of phenolic OH excluding ortho intramolecular Hbond substituents is 7. The molecule has 704 valence electrons. The molecule has 6 heterocycles. The summed E-state index contributed by atoms with van der Waals surface area (Å²) in [7, 11) is 0. The summed E-state index contributed by atoms with van der Waals surface area (Å²) in [5.41, 5.74) is 10.6. The number of hydrogen-bond donors (Lipinski definition) is 8. The molecule has 139 heavy (non-hydrogen) atoms. The topological polar surface area (TPSA) is 340 Å². The second-order valence-corrected chi connectivity index (χ2v) is 37.2. The zero-order chi connectivity index (χ0) is 98.1. The number of carbonyl (C=O) groups is 6. The largest absolute Gasteiger partial charge is 0.508 e. The average Bonchev–Trinajstić information content (AvgIpc) is 1.58. The lowest BCUT2D eigenvalue weighted by molar-refractivity contribution is 0.0691. The van der Waals surface area contributed by atoms with Crippen LogP contribution < -0.4 is 23.7 Å². The van der Waals surface area contributed by atoms with Crippen LogP contribution in [-0.2, 0) is 39.3 Å². The average molecular weight is 1860 g/mol. The van der Waals surface area contributed by atoms with Crippen molar-refractivity contribution in [2.24, 2.45) is 0 Å². The van der Waals surface area contributed by atoms with Gasteiger partial charge in [0.15, 0.2) is 5.75 Å². The molecule has 0 unspecified atom stereocenters. The number of ether oxygens (including phenoxy) is 5. The van der Waals surface area contributed by atoms with Crippen LogP contribution in [0.2, 0.25) is 0 Å². The second-order valence-electron chi connectivity index (χ2n) is 37.2. The molecule has 0 atom stereocenters. The zero-order valence-electron chi connectivity index (χ0n) is 78.7. The predicted octanol–water partition coefficient (Wildman–Crippen LogP) is 24.2. The Labute approximate surface area is 800 Å². The molecule has 25 heteroatoms. The Morgan fingerprint density at radius 1 is 0.252 bits per heavy atom. The molecule has 0 aliphatic heterocycles. The van der Waals surface area contributed by atoms with Gasteiger partial charge in [0.25, 0.3) is 0 Å². The third-order valence-electron chi connectivity index (χ3n) is 25.8. The maximum absolute atomic E-state index is 16.2. The highest BCUT2D eigenvalue weighted by Crippen LogP contribution is 2.47. The molecule has 18 aromatic rings. The number of rotatable bonds is 29. The highest BCUT2D eigenvalue weighted by molar-refractivity contribution is 6.15.